The highest BCUT2D eigenvalue weighted by molar-refractivity contribution is 5.58. The molecule has 2 nitrogen and oxygen atoms in total. The molecule has 0 radical (unpaired) electrons. The van der Waals surface area contributed by atoms with Crippen LogP contribution in [0.2, 0.25) is 0 Å². The molecule has 0 spiro atoms. The van der Waals surface area contributed by atoms with Crippen molar-refractivity contribution in [2.75, 3.05) is 0 Å². The Balaban J connectivity index is 0.000000845. The number of carbonyl (C=O) groups is 1. The molecule has 0 aromatic heterocycles. The molecule has 0 amide bonds. The third kappa shape index (κ3) is 1.86. The molecule has 1 aromatic rings. The normalized spacial score (nSPS) is 19.2. The number of ether oxygens (including phenoxy) is 1. The van der Waals surface area contributed by atoms with Gasteiger partial charge >= 0.3 is 0 Å². The van der Waals surface area contributed by atoms with Gasteiger partial charge in [-0.15, -0.1) is 0 Å². The molecule has 13 heavy (non-hydrogen) atoms. The van der Waals surface area contributed by atoms with Crippen LogP contribution in [0.1, 0.15) is 12.0 Å². The van der Waals surface area contributed by atoms with Gasteiger partial charge in [0.15, 0.2) is 12.4 Å². The lowest BCUT2D eigenvalue weighted by molar-refractivity contribution is -0.114. The summed E-state index contributed by atoms with van der Waals surface area (Å²) < 4.78 is 5.41. The maximum Gasteiger partial charge on any atom is 0.160 e. The van der Waals surface area contributed by atoms with Gasteiger partial charge in [-0.2, -0.15) is 0 Å². The van der Waals surface area contributed by atoms with Gasteiger partial charge in [0.05, 0.1) is 0 Å². The van der Waals surface area contributed by atoms with Crippen molar-refractivity contribution >= 4 is 6.29 Å². The lowest BCUT2D eigenvalue weighted by Crippen LogP contribution is -2.23. The molecule has 1 aromatic carbocycles. The first-order valence-electron chi connectivity index (χ1n) is 4.10. The Bertz CT molecular complexity index is 299. The summed E-state index contributed by atoms with van der Waals surface area (Å²) >= 11 is 0. The molecule has 0 aliphatic carbocycles. The average Bonchev–Trinajstić information content (AvgIpc) is 2.17. The van der Waals surface area contributed by atoms with E-state index >= 15 is 0 Å². The molecular formula is C10H11FO2. The van der Waals surface area contributed by atoms with Gasteiger partial charge in [-0.05, 0) is 24.5 Å². The Morgan fingerprint density at radius 1 is 1.38 bits per heavy atom. The summed E-state index contributed by atoms with van der Waals surface area (Å²) in [5, 5.41) is 0. The molecule has 0 saturated heterocycles. The van der Waals surface area contributed by atoms with Crippen LogP contribution >= 0.6 is 0 Å². The smallest absolute Gasteiger partial charge is 0.160 e. The Labute approximate surface area is 75.9 Å². The number of aryl methyl sites for hydroxylation is 1. The van der Waals surface area contributed by atoms with Crippen molar-refractivity contribution in [3.63, 3.8) is 0 Å². The summed E-state index contributed by atoms with van der Waals surface area (Å²) in [4.78, 5) is 10.4. The Morgan fingerprint density at radius 2 is 2.15 bits per heavy atom. The van der Waals surface area contributed by atoms with E-state index in [0.717, 1.165) is 24.9 Å². The summed E-state index contributed by atoms with van der Waals surface area (Å²) in [5.41, 5.74) is 1.20. The highest BCUT2D eigenvalue weighted by atomic mass is 19.0. The van der Waals surface area contributed by atoms with Crippen molar-refractivity contribution in [2.45, 2.75) is 18.9 Å². The molecule has 1 atom stereocenters. The van der Waals surface area contributed by atoms with E-state index in [1.54, 1.807) is 0 Å². The van der Waals surface area contributed by atoms with Gasteiger partial charge in [0.25, 0.3) is 0 Å². The number of aldehydes is 1. The molecule has 0 bridgehead atoms. The van der Waals surface area contributed by atoms with Crippen LogP contribution in [0.4, 0.5) is 4.70 Å². The number of rotatable bonds is 1. The van der Waals surface area contributed by atoms with Crippen LogP contribution in [0.15, 0.2) is 24.3 Å². The molecule has 3 heteroatoms. The first-order chi connectivity index (χ1) is 5.90. The highest BCUT2D eigenvalue weighted by Gasteiger charge is 2.17. The standard InChI is InChI=1S/C10H10O2.FH/c11-7-9-6-5-8-3-1-2-4-10(8)12-9;/h1-4,7,9H,5-6H2;1H. The van der Waals surface area contributed by atoms with E-state index in [1.807, 2.05) is 24.3 Å². The Hall–Kier alpha value is -1.38. The Morgan fingerprint density at radius 3 is 2.92 bits per heavy atom. The second-order valence-corrected chi connectivity index (χ2v) is 2.94. The zero-order chi connectivity index (χ0) is 8.39. The van der Waals surface area contributed by atoms with Gasteiger partial charge in [0.2, 0.25) is 0 Å². The second-order valence-electron chi connectivity index (χ2n) is 2.94. The minimum absolute atomic E-state index is 0. The van der Waals surface area contributed by atoms with Crippen LogP contribution in [0.3, 0.4) is 0 Å². The van der Waals surface area contributed by atoms with Gasteiger partial charge in [0, 0.05) is 0 Å². The number of para-hydroxylation sites is 1. The molecule has 2 rings (SSSR count). The zero-order valence-electron chi connectivity index (χ0n) is 7.10. The topological polar surface area (TPSA) is 26.3 Å². The van der Waals surface area contributed by atoms with Crippen LogP contribution < -0.4 is 4.74 Å². The maximum atomic E-state index is 10.4. The third-order valence-electron chi connectivity index (χ3n) is 2.10. The van der Waals surface area contributed by atoms with E-state index in [4.69, 9.17) is 4.74 Å². The van der Waals surface area contributed by atoms with Crippen LogP contribution in [0.5, 0.6) is 5.75 Å². The first-order valence-corrected chi connectivity index (χ1v) is 4.10. The largest absolute Gasteiger partial charge is 0.483 e. The molecule has 0 saturated carbocycles. The van der Waals surface area contributed by atoms with Crippen LogP contribution in [0, 0.1) is 0 Å². The average molecular weight is 182 g/mol. The van der Waals surface area contributed by atoms with E-state index in [-0.39, 0.29) is 10.8 Å². The van der Waals surface area contributed by atoms with Crippen LogP contribution in [0.25, 0.3) is 0 Å². The number of hydrogen-bond donors (Lipinski definition) is 0. The van der Waals surface area contributed by atoms with E-state index in [2.05, 4.69) is 0 Å². The highest BCUT2D eigenvalue weighted by Crippen LogP contribution is 2.25. The van der Waals surface area contributed by atoms with E-state index < -0.39 is 0 Å². The third-order valence-corrected chi connectivity index (χ3v) is 2.10. The van der Waals surface area contributed by atoms with Crippen molar-refractivity contribution in [3.8, 4) is 5.75 Å². The van der Waals surface area contributed by atoms with E-state index in [0.29, 0.717) is 0 Å². The van der Waals surface area contributed by atoms with Crippen molar-refractivity contribution < 1.29 is 14.2 Å². The fraction of sp³-hybridized carbons (Fsp3) is 0.300. The molecule has 1 heterocycles. The molecule has 1 aliphatic heterocycles. The lowest BCUT2D eigenvalue weighted by Gasteiger charge is -2.21. The molecule has 70 valence electrons. The van der Waals surface area contributed by atoms with Gasteiger partial charge < -0.3 is 4.74 Å². The Kier molecular flexibility index (Phi) is 3.01. The quantitative estimate of drug-likeness (QED) is 0.618. The van der Waals surface area contributed by atoms with Gasteiger partial charge in [-0.25, -0.2) is 0 Å². The predicted octanol–water partition coefficient (Wildman–Crippen LogP) is 1.73. The second kappa shape index (κ2) is 4.03. The van der Waals surface area contributed by atoms with Crippen LogP contribution in [-0.2, 0) is 11.2 Å². The lowest BCUT2D eigenvalue weighted by atomic mass is 10.0. The molecular weight excluding hydrogens is 171 g/mol. The minimum atomic E-state index is -0.236. The number of benzene rings is 1. The minimum Gasteiger partial charge on any atom is -0.483 e. The summed E-state index contributed by atoms with van der Waals surface area (Å²) in [7, 11) is 0. The van der Waals surface area contributed by atoms with Crippen molar-refractivity contribution in [1.82, 2.24) is 0 Å². The predicted molar refractivity (Wildman–Crippen MR) is 47.7 cm³/mol. The van der Waals surface area contributed by atoms with Crippen molar-refractivity contribution in [2.24, 2.45) is 0 Å². The fourth-order valence-corrected chi connectivity index (χ4v) is 1.44. The van der Waals surface area contributed by atoms with E-state index in [9.17, 15) is 4.79 Å². The molecule has 0 N–H and O–H groups in total. The summed E-state index contributed by atoms with van der Waals surface area (Å²) in [5.74, 6) is 0.862. The summed E-state index contributed by atoms with van der Waals surface area (Å²) in [6, 6.07) is 7.86. The maximum absolute atomic E-state index is 10.4. The monoisotopic (exact) mass is 182 g/mol. The summed E-state index contributed by atoms with van der Waals surface area (Å²) in [6.07, 6.45) is 2.38. The molecule has 1 aliphatic rings. The SMILES string of the molecule is F.O=CC1CCc2ccccc2O1. The first kappa shape index (κ1) is 9.71. The zero-order valence-corrected chi connectivity index (χ0v) is 7.10. The fourth-order valence-electron chi connectivity index (χ4n) is 1.44. The number of carbonyl (C=O) groups excluding carboxylic acids is 1. The number of hydrogen-bond acceptors (Lipinski definition) is 2. The van der Waals surface area contributed by atoms with Crippen molar-refractivity contribution in [3.05, 3.63) is 29.8 Å². The molecule has 0 fully saturated rings. The van der Waals surface area contributed by atoms with Gasteiger partial charge in [0.1, 0.15) is 5.75 Å². The van der Waals surface area contributed by atoms with Gasteiger partial charge in [-0.3, -0.25) is 9.50 Å². The van der Waals surface area contributed by atoms with Crippen molar-refractivity contribution in [1.29, 1.82) is 0 Å². The summed E-state index contributed by atoms with van der Waals surface area (Å²) in [6.45, 7) is 0. The molecule has 1 unspecified atom stereocenters. The van der Waals surface area contributed by atoms with Crippen LogP contribution in [-0.4, -0.2) is 12.4 Å². The number of halogens is 1. The van der Waals surface area contributed by atoms with Gasteiger partial charge in [-0.1, -0.05) is 18.2 Å². The van der Waals surface area contributed by atoms with E-state index in [1.165, 1.54) is 5.56 Å². The number of fused-ring (bicyclic) bond motifs is 1.